The Kier molecular flexibility index (Phi) is 23.9. The molecule has 0 radical (unpaired) electrons. The van der Waals surface area contributed by atoms with E-state index in [2.05, 4.69) is 71.1 Å². The Hall–Kier alpha value is -1.80. The van der Waals surface area contributed by atoms with Crippen LogP contribution in [0.1, 0.15) is 150 Å². The number of methoxy groups -OCH3 is 1. The highest BCUT2D eigenvalue weighted by molar-refractivity contribution is 8.77. The minimum atomic E-state index is -0.278. The molecule has 0 amide bonds. The van der Waals surface area contributed by atoms with Crippen LogP contribution in [0.4, 0.5) is 0 Å². The van der Waals surface area contributed by atoms with E-state index in [-0.39, 0.29) is 18.7 Å². The normalized spacial score (nSPS) is 26.7. The van der Waals surface area contributed by atoms with Gasteiger partial charge in [0.15, 0.2) is 0 Å². The Bertz CT molecular complexity index is 1300. The minimum absolute atomic E-state index is 0.151. The van der Waals surface area contributed by atoms with Gasteiger partial charge in [0.05, 0.1) is 6.61 Å². The number of ether oxygens (including phenoxy) is 3. The summed E-state index contributed by atoms with van der Waals surface area (Å²) >= 11 is 0. The van der Waals surface area contributed by atoms with Crippen molar-refractivity contribution in [3.8, 4) is 0 Å². The number of unbranched alkanes of at least 4 members (excludes halogenated alkanes) is 1. The van der Waals surface area contributed by atoms with Crippen molar-refractivity contribution in [3.63, 3.8) is 0 Å². The number of hydrogen-bond donors (Lipinski definition) is 0. The van der Waals surface area contributed by atoms with Gasteiger partial charge < -0.3 is 19.0 Å². The number of aldehydes is 1. The summed E-state index contributed by atoms with van der Waals surface area (Å²) in [5.74, 6) is 2.63. The molecule has 7 heteroatoms. The number of carbonyl (C=O) groups is 2. The zero-order chi connectivity index (χ0) is 39.0. The lowest BCUT2D eigenvalue weighted by Gasteiger charge is -2.27. The van der Waals surface area contributed by atoms with Crippen LogP contribution in [0.15, 0.2) is 69.9 Å². The summed E-state index contributed by atoms with van der Waals surface area (Å²) in [5.41, 5.74) is 9.11. The Morgan fingerprint density at radius 2 is 1.76 bits per heavy atom. The van der Waals surface area contributed by atoms with Crippen LogP contribution in [-0.2, 0) is 23.8 Å². The Balaban J connectivity index is 1.56. The molecule has 4 unspecified atom stereocenters. The van der Waals surface area contributed by atoms with E-state index < -0.39 is 0 Å². The van der Waals surface area contributed by atoms with Gasteiger partial charge in [0.25, 0.3) is 0 Å². The lowest BCUT2D eigenvalue weighted by atomic mass is 9.79. The molecule has 1 aliphatic heterocycles. The smallest absolute Gasteiger partial charge is 0.305 e. The highest BCUT2D eigenvalue weighted by Gasteiger charge is 2.22. The molecule has 3 aliphatic rings. The molecule has 1 saturated heterocycles. The molecule has 0 N–H and O–H groups in total. The lowest BCUT2D eigenvalue weighted by Crippen LogP contribution is -2.26. The summed E-state index contributed by atoms with van der Waals surface area (Å²) in [6.45, 7) is 12.9. The number of hydrogen-bond acceptors (Lipinski definition) is 7. The van der Waals surface area contributed by atoms with E-state index in [1.165, 1.54) is 48.2 Å². The third-order valence-corrected chi connectivity index (χ3v) is 14.5. The molecular formula is C47H74O5S2. The van der Waals surface area contributed by atoms with Crippen molar-refractivity contribution in [1.82, 2.24) is 0 Å². The van der Waals surface area contributed by atoms with E-state index in [1.54, 1.807) is 23.8 Å². The van der Waals surface area contributed by atoms with Crippen molar-refractivity contribution >= 4 is 33.8 Å². The molecule has 0 aromatic carbocycles. The summed E-state index contributed by atoms with van der Waals surface area (Å²) in [4.78, 5) is 24.2. The second kappa shape index (κ2) is 27.7. The van der Waals surface area contributed by atoms with Gasteiger partial charge in [0.1, 0.15) is 19.0 Å². The van der Waals surface area contributed by atoms with Crippen LogP contribution in [0.3, 0.4) is 0 Å². The summed E-state index contributed by atoms with van der Waals surface area (Å²) in [6, 6.07) is 0. The van der Waals surface area contributed by atoms with E-state index in [0.29, 0.717) is 43.8 Å². The quantitative estimate of drug-likeness (QED) is 0.0356. The second-order valence-corrected chi connectivity index (χ2v) is 18.5. The van der Waals surface area contributed by atoms with Gasteiger partial charge in [-0.05, 0) is 119 Å². The molecule has 0 aromatic rings. The van der Waals surface area contributed by atoms with Gasteiger partial charge in [-0.15, -0.1) is 0 Å². The van der Waals surface area contributed by atoms with Gasteiger partial charge in [-0.3, -0.25) is 4.79 Å². The van der Waals surface area contributed by atoms with Crippen LogP contribution >= 0.6 is 21.6 Å². The monoisotopic (exact) mass is 782 g/mol. The lowest BCUT2D eigenvalue weighted by molar-refractivity contribution is -0.148. The number of esters is 1. The van der Waals surface area contributed by atoms with Crippen LogP contribution in [0.2, 0.25) is 0 Å². The van der Waals surface area contributed by atoms with E-state index in [1.807, 2.05) is 21.6 Å². The van der Waals surface area contributed by atoms with Gasteiger partial charge >= 0.3 is 5.97 Å². The predicted molar refractivity (Wildman–Crippen MR) is 233 cm³/mol. The molecule has 5 atom stereocenters. The first-order valence-electron chi connectivity index (χ1n) is 21.4. The largest absolute Gasteiger partial charge is 0.463 e. The molecule has 2 aliphatic carbocycles. The van der Waals surface area contributed by atoms with Gasteiger partial charge in [-0.1, -0.05) is 128 Å². The highest BCUT2D eigenvalue weighted by Crippen LogP contribution is 2.40. The van der Waals surface area contributed by atoms with Crippen molar-refractivity contribution in [3.05, 3.63) is 69.9 Å². The van der Waals surface area contributed by atoms with Crippen molar-refractivity contribution in [2.45, 2.75) is 162 Å². The zero-order valence-corrected chi connectivity index (χ0v) is 36.5. The molecule has 0 spiro atoms. The maximum atomic E-state index is 12.3. The summed E-state index contributed by atoms with van der Waals surface area (Å²) < 4.78 is 17.1. The number of rotatable bonds is 22. The fraction of sp³-hybridized carbons (Fsp3) is 0.702. The van der Waals surface area contributed by atoms with Crippen LogP contribution in [0, 0.1) is 17.8 Å². The first kappa shape index (κ1) is 46.6. The molecule has 1 heterocycles. The second-order valence-electron chi connectivity index (χ2n) is 15.7. The maximum absolute atomic E-state index is 12.3. The zero-order valence-electron chi connectivity index (χ0n) is 34.8. The Morgan fingerprint density at radius 3 is 2.50 bits per heavy atom. The van der Waals surface area contributed by atoms with Crippen molar-refractivity contribution < 1.29 is 23.8 Å². The number of allylic oxidation sites excluding steroid dienone is 12. The van der Waals surface area contributed by atoms with Gasteiger partial charge in [-0.25, -0.2) is 0 Å². The molecule has 1 fully saturated rings. The minimum Gasteiger partial charge on any atom is -0.463 e. The van der Waals surface area contributed by atoms with Crippen LogP contribution in [0.5, 0.6) is 0 Å². The molecule has 304 valence electrons. The van der Waals surface area contributed by atoms with E-state index in [0.717, 1.165) is 88.6 Å². The summed E-state index contributed by atoms with van der Waals surface area (Å²) in [5, 5.41) is 0.750. The Morgan fingerprint density at radius 1 is 0.944 bits per heavy atom. The summed E-state index contributed by atoms with van der Waals surface area (Å²) in [6.07, 6.45) is 33.3. The Labute approximate surface area is 338 Å². The first-order valence-corrected chi connectivity index (χ1v) is 23.8. The third-order valence-electron chi connectivity index (χ3n) is 11.5. The topological polar surface area (TPSA) is 61.8 Å². The molecule has 0 saturated carbocycles. The summed E-state index contributed by atoms with van der Waals surface area (Å²) in [7, 11) is 5.60. The number of carbonyl (C=O) groups excluding carboxylic acids is 2. The predicted octanol–water partition coefficient (Wildman–Crippen LogP) is 13.1. The molecule has 0 bridgehead atoms. The fourth-order valence-corrected chi connectivity index (χ4v) is 11.2. The van der Waals surface area contributed by atoms with Crippen molar-refractivity contribution in [1.29, 1.82) is 0 Å². The standard InChI is InChI=1S/C47H74O5S2/c1-7-9-10-17-36(3)44(16-8-2)39-20-13-18-37(4)45(27-25-39)40-21-14-19-38(5)46(28-26-40)41(29-31-48)22-15-32-51-34-42(50-6)35-52-47(49)24-12-11-23-43-30-33-53-54-43/h9-10,13-14,20-21,31,36-38,42-43H,7-8,11-12,15-19,22-30,32-35H2,1-6H3/b10-9-,20-13-,21-14-,44-39+,45-40+,46-41-/t36?,37?,38?,42?,43-/m1/s1. The molecule has 3 rings (SSSR count). The first-order chi connectivity index (χ1) is 26.3. The fourth-order valence-electron chi connectivity index (χ4n) is 8.20. The molecule has 0 aromatic heterocycles. The van der Waals surface area contributed by atoms with Gasteiger partial charge in [0.2, 0.25) is 0 Å². The van der Waals surface area contributed by atoms with E-state index in [9.17, 15) is 9.59 Å². The molecular weight excluding hydrogens is 709 g/mol. The van der Waals surface area contributed by atoms with E-state index in [4.69, 9.17) is 14.2 Å². The van der Waals surface area contributed by atoms with Crippen molar-refractivity contribution in [2.24, 2.45) is 17.8 Å². The highest BCUT2D eigenvalue weighted by atomic mass is 33.1. The van der Waals surface area contributed by atoms with Crippen LogP contribution in [0.25, 0.3) is 0 Å². The molecule has 54 heavy (non-hydrogen) atoms. The van der Waals surface area contributed by atoms with Gasteiger partial charge in [-0.2, -0.15) is 0 Å². The van der Waals surface area contributed by atoms with E-state index >= 15 is 0 Å². The van der Waals surface area contributed by atoms with Crippen molar-refractivity contribution in [2.75, 3.05) is 32.7 Å². The maximum Gasteiger partial charge on any atom is 0.305 e. The van der Waals surface area contributed by atoms with Crippen LogP contribution < -0.4 is 0 Å². The average Bonchev–Trinajstić information content (AvgIpc) is 3.68. The van der Waals surface area contributed by atoms with Gasteiger partial charge in [0, 0.05) is 37.6 Å². The SMILES string of the molecule is CC/C=C\CC(C)/C(CCC)=C1\C=C/CC(C)/C(=C2\C=C/CC(C)/C(=C(\CC=O)CCCOCC(COC(=O)CCCC[C@@H]3CCSS3)OC)CC2)CC1. The molecule has 5 nitrogen and oxygen atoms in total. The average molecular weight is 783 g/mol. The van der Waals surface area contributed by atoms with Crippen LogP contribution in [-0.4, -0.2) is 56.3 Å². The third kappa shape index (κ3) is 17.1.